The zero-order valence-electron chi connectivity index (χ0n) is 11.4. The van der Waals surface area contributed by atoms with Crippen LogP contribution < -0.4 is 4.74 Å². The van der Waals surface area contributed by atoms with Gasteiger partial charge >= 0.3 is 11.7 Å². The molecule has 0 saturated heterocycles. The van der Waals surface area contributed by atoms with Crippen molar-refractivity contribution >= 4 is 11.7 Å². The minimum Gasteiger partial charge on any atom is -0.477 e. The standard InChI is InChI=1S/C14H12N2O5/c1-8-3-4-11(10(7-8)16(19)20)21-13-12(14(17)18)9(2)5-6-15-13/h3-7H,1-2H3,(H,17,18). The number of benzene rings is 1. The monoisotopic (exact) mass is 288 g/mol. The minimum atomic E-state index is -1.20. The Morgan fingerprint density at radius 2 is 2.05 bits per heavy atom. The molecule has 7 heteroatoms. The number of carbonyl (C=O) groups is 1. The van der Waals surface area contributed by atoms with Gasteiger partial charge in [0.05, 0.1) is 4.92 Å². The number of nitro benzene ring substituents is 1. The number of rotatable bonds is 4. The largest absolute Gasteiger partial charge is 0.477 e. The molecule has 21 heavy (non-hydrogen) atoms. The molecule has 1 aromatic carbocycles. The molecule has 0 spiro atoms. The summed E-state index contributed by atoms with van der Waals surface area (Å²) in [5, 5.41) is 20.2. The fraction of sp³-hybridized carbons (Fsp3) is 0.143. The summed E-state index contributed by atoms with van der Waals surface area (Å²) in [5.74, 6) is -1.42. The molecule has 2 rings (SSSR count). The Hall–Kier alpha value is -2.96. The highest BCUT2D eigenvalue weighted by molar-refractivity contribution is 5.92. The second-order valence-electron chi connectivity index (χ2n) is 4.44. The van der Waals surface area contributed by atoms with Crippen molar-refractivity contribution < 1.29 is 19.6 Å². The zero-order chi connectivity index (χ0) is 15.6. The van der Waals surface area contributed by atoms with E-state index < -0.39 is 10.9 Å². The number of hydrogen-bond acceptors (Lipinski definition) is 5. The highest BCUT2D eigenvalue weighted by atomic mass is 16.6. The third-order valence-electron chi connectivity index (χ3n) is 2.86. The van der Waals surface area contributed by atoms with Crippen LogP contribution in [0.15, 0.2) is 30.5 Å². The smallest absolute Gasteiger partial charge is 0.341 e. The number of carboxylic acids is 1. The van der Waals surface area contributed by atoms with Crippen molar-refractivity contribution in [3.05, 3.63) is 57.3 Å². The Morgan fingerprint density at radius 3 is 2.67 bits per heavy atom. The van der Waals surface area contributed by atoms with Crippen molar-refractivity contribution in [2.24, 2.45) is 0 Å². The average Bonchev–Trinajstić information content (AvgIpc) is 2.40. The summed E-state index contributed by atoms with van der Waals surface area (Å²) < 4.78 is 5.37. The number of ether oxygens (including phenoxy) is 1. The van der Waals surface area contributed by atoms with Crippen molar-refractivity contribution in [2.75, 3.05) is 0 Å². The molecule has 0 bridgehead atoms. The van der Waals surface area contributed by atoms with Crippen molar-refractivity contribution in [3.8, 4) is 11.6 Å². The molecule has 2 aromatic rings. The van der Waals surface area contributed by atoms with Gasteiger partial charge in [-0.1, -0.05) is 6.07 Å². The molecule has 0 fully saturated rings. The Kier molecular flexibility index (Phi) is 3.84. The van der Waals surface area contributed by atoms with Crippen LogP contribution in [0.2, 0.25) is 0 Å². The first-order chi connectivity index (χ1) is 9.90. The first-order valence-electron chi connectivity index (χ1n) is 6.02. The number of pyridine rings is 1. The summed E-state index contributed by atoms with van der Waals surface area (Å²) in [6.45, 7) is 3.31. The van der Waals surface area contributed by atoms with Crippen LogP contribution in [0.3, 0.4) is 0 Å². The maximum absolute atomic E-state index is 11.3. The van der Waals surface area contributed by atoms with Gasteiger partial charge in [0.15, 0.2) is 0 Å². The summed E-state index contributed by atoms with van der Waals surface area (Å²) >= 11 is 0. The number of carboxylic acid groups (broad SMARTS) is 1. The van der Waals surface area contributed by atoms with E-state index in [-0.39, 0.29) is 22.9 Å². The summed E-state index contributed by atoms with van der Waals surface area (Å²) in [7, 11) is 0. The van der Waals surface area contributed by atoms with Crippen molar-refractivity contribution in [1.29, 1.82) is 0 Å². The summed E-state index contributed by atoms with van der Waals surface area (Å²) in [6.07, 6.45) is 1.39. The van der Waals surface area contributed by atoms with Gasteiger partial charge in [0.2, 0.25) is 11.6 Å². The van der Waals surface area contributed by atoms with Gasteiger partial charge in [-0.05, 0) is 37.1 Å². The normalized spacial score (nSPS) is 10.2. The minimum absolute atomic E-state index is 0.0498. The van der Waals surface area contributed by atoms with Crippen LogP contribution in [0.1, 0.15) is 21.5 Å². The molecule has 1 aromatic heterocycles. The number of nitrogens with zero attached hydrogens (tertiary/aromatic N) is 2. The van der Waals surface area contributed by atoms with E-state index in [4.69, 9.17) is 4.74 Å². The maximum atomic E-state index is 11.3. The fourth-order valence-corrected chi connectivity index (χ4v) is 1.83. The molecule has 7 nitrogen and oxygen atoms in total. The number of hydrogen-bond donors (Lipinski definition) is 1. The third-order valence-corrected chi connectivity index (χ3v) is 2.86. The Morgan fingerprint density at radius 1 is 1.33 bits per heavy atom. The Balaban J connectivity index is 2.51. The highest BCUT2D eigenvalue weighted by Gasteiger charge is 2.21. The van der Waals surface area contributed by atoms with Gasteiger partial charge in [0, 0.05) is 12.3 Å². The van der Waals surface area contributed by atoms with E-state index in [2.05, 4.69) is 4.98 Å². The summed E-state index contributed by atoms with van der Waals surface area (Å²) in [5.41, 5.74) is 0.800. The van der Waals surface area contributed by atoms with Crippen LogP contribution in [0.25, 0.3) is 0 Å². The molecule has 0 saturated carbocycles. The van der Waals surface area contributed by atoms with Crippen LogP contribution in [-0.2, 0) is 0 Å². The summed E-state index contributed by atoms with van der Waals surface area (Å²) in [6, 6.07) is 5.94. The topological polar surface area (TPSA) is 103 Å². The van der Waals surface area contributed by atoms with Crippen molar-refractivity contribution in [1.82, 2.24) is 4.98 Å². The van der Waals surface area contributed by atoms with Crippen LogP contribution in [0.4, 0.5) is 5.69 Å². The van der Waals surface area contributed by atoms with Crippen LogP contribution >= 0.6 is 0 Å². The van der Waals surface area contributed by atoms with Crippen molar-refractivity contribution in [3.63, 3.8) is 0 Å². The van der Waals surface area contributed by atoms with Gasteiger partial charge in [-0.15, -0.1) is 0 Å². The lowest BCUT2D eigenvalue weighted by molar-refractivity contribution is -0.385. The molecule has 0 unspecified atom stereocenters. The molecule has 1 N–H and O–H groups in total. The molecule has 0 aliphatic carbocycles. The first-order valence-corrected chi connectivity index (χ1v) is 6.02. The molecule has 1 heterocycles. The van der Waals surface area contributed by atoms with Gasteiger partial charge in [-0.2, -0.15) is 0 Å². The average molecular weight is 288 g/mol. The van der Waals surface area contributed by atoms with Gasteiger partial charge in [-0.3, -0.25) is 10.1 Å². The van der Waals surface area contributed by atoms with Gasteiger partial charge in [0.25, 0.3) is 0 Å². The first kappa shape index (κ1) is 14.4. The molecular formula is C14H12N2O5. The molecule has 0 radical (unpaired) electrons. The molecule has 0 aliphatic heterocycles. The lowest BCUT2D eigenvalue weighted by Gasteiger charge is -2.09. The predicted octanol–water partition coefficient (Wildman–Crippen LogP) is 3.10. The lowest BCUT2D eigenvalue weighted by Crippen LogP contribution is -2.05. The second kappa shape index (κ2) is 5.58. The van der Waals surface area contributed by atoms with E-state index in [1.165, 1.54) is 24.4 Å². The highest BCUT2D eigenvalue weighted by Crippen LogP contribution is 2.33. The van der Waals surface area contributed by atoms with Crippen LogP contribution in [0.5, 0.6) is 11.6 Å². The van der Waals surface area contributed by atoms with Crippen molar-refractivity contribution in [2.45, 2.75) is 13.8 Å². The SMILES string of the molecule is Cc1ccc(Oc2nccc(C)c2C(=O)O)c([N+](=O)[O-])c1. The Labute approximate surface area is 120 Å². The van der Waals surface area contributed by atoms with E-state index in [1.807, 2.05) is 0 Å². The van der Waals surface area contributed by atoms with Crippen LogP contribution in [0, 0.1) is 24.0 Å². The fourth-order valence-electron chi connectivity index (χ4n) is 1.83. The van der Waals surface area contributed by atoms with E-state index in [1.54, 1.807) is 19.9 Å². The maximum Gasteiger partial charge on any atom is 0.341 e. The van der Waals surface area contributed by atoms with E-state index in [0.717, 1.165) is 0 Å². The number of aryl methyl sites for hydroxylation is 2. The van der Waals surface area contributed by atoms with E-state index in [9.17, 15) is 20.0 Å². The quantitative estimate of drug-likeness (QED) is 0.685. The second-order valence-corrected chi connectivity index (χ2v) is 4.44. The van der Waals surface area contributed by atoms with E-state index >= 15 is 0 Å². The number of aromatic nitrogens is 1. The molecule has 108 valence electrons. The molecule has 0 amide bonds. The summed E-state index contributed by atoms with van der Waals surface area (Å²) in [4.78, 5) is 25.6. The predicted molar refractivity (Wildman–Crippen MR) is 73.8 cm³/mol. The number of aromatic carboxylic acids is 1. The molecular weight excluding hydrogens is 276 g/mol. The Bertz CT molecular complexity index is 727. The van der Waals surface area contributed by atoms with Gasteiger partial charge in [0.1, 0.15) is 5.56 Å². The number of nitro groups is 1. The van der Waals surface area contributed by atoms with Crippen LogP contribution in [-0.4, -0.2) is 21.0 Å². The molecule has 0 aliphatic rings. The van der Waals surface area contributed by atoms with Gasteiger partial charge in [-0.25, -0.2) is 9.78 Å². The van der Waals surface area contributed by atoms with Gasteiger partial charge < -0.3 is 9.84 Å². The zero-order valence-corrected chi connectivity index (χ0v) is 11.4. The van der Waals surface area contributed by atoms with E-state index in [0.29, 0.717) is 11.1 Å². The third kappa shape index (κ3) is 2.97. The molecule has 0 atom stereocenters. The lowest BCUT2D eigenvalue weighted by atomic mass is 10.1.